The third kappa shape index (κ3) is 4.33. The lowest BCUT2D eigenvalue weighted by Gasteiger charge is -2.21. The van der Waals surface area contributed by atoms with Crippen LogP contribution in [0, 0.1) is 11.6 Å². The first kappa shape index (κ1) is 18.6. The van der Waals surface area contributed by atoms with Gasteiger partial charge in [-0.3, -0.25) is 4.79 Å². The highest BCUT2D eigenvalue weighted by atomic mass is 19.1. The normalized spacial score (nSPS) is 12.4. The van der Waals surface area contributed by atoms with Crippen LogP contribution in [0.3, 0.4) is 0 Å². The van der Waals surface area contributed by atoms with E-state index in [2.05, 4.69) is 0 Å². The fourth-order valence-electron chi connectivity index (χ4n) is 2.55. The summed E-state index contributed by atoms with van der Waals surface area (Å²) in [5, 5.41) is 0. The van der Waals surface area contributed by atoms with Crippen LogP contribution in [0.4, 0.5) is 8.78 Å². The molecule has 27 heavy (non-hydrogen) atoms. The van der Waals surface area contributed by atoms with Crippen LogP contribution in [0.2, 0.25) is 0 Å². The molecule has 6 nitrogen and oxygen atoms in total. The molecule has 1 heterocycles. The van der Waals surface area contributed by atoms with Gasteiger partial charge in [0.15, 0.2) is 18.1 Å². The highest BCUT2D eigenvalue weighted by Crippen LogP contribution is 2.31. The molecule has 0 saturated heterocycles. The number of ether oxygens (including phenoxy) is 3. The van der Waals surface area contributed by atoms with Gasteiger partial charge >= 0.3 is 5.97 Å². The Kier molecular flexibility index (Phi) is 5.54. The van der Waals surface area contributed by atoms with E-state index in [1.165, 1.54) is 11.9 Å². The average molecular weight is 377 g/mol. The van der Waals surface area contributed by atoms with Gasteiger partial charge < -0.3 is 19.1 Å². The van der Waals surface area contributed by atoms with Crippen molar-refractivity contribution >= 4 is 11.9 Å². The molecule has 0 aromatic heterocycles. The number of likely N-dealkylation sites (N-methyl/N-ethyl adjacent to an activating group) is 1. The maximum atomic E-state index is 13.6. The molecule has 8 heteroatoms. The van der Waals surface area contributed by atoms with Crippen LogP contribution in [0.25, 0.3) is 0 Å². The number of halogens is 2. The summed E-state index contributed by atoms with van der Waals surface area (Å²) < 4.78 is 42.8. The van der Waals surface area contributed by atoms with Crippen molar-refractivity contribution in [1.82, 2.24) is 4.90 Å². The van der Waals surface area contributed by atoms with E-state index in [9.17, 15) is 18.4 Å². The van der Waals surface area contributed by atoms with Crippen molar-refractivity contribution in [1.29, 1.82) is 0 Å². The maximum absolute atomic E-state index is 13.6. The Morgan fingerprint density at radius 1 is 1.07 bits per heavy atom. The fourth-order valence-corrected chi connectivity index (χ4v) is 2.55. The lowest BCUT2D eigenvalue weighted by molar-refractivity contribution is -0.133. The van der Waals surface area contributed by atoms with Gasteiger partial charge in [0, 0.05) is 13.6 Å². The molecule has 0 atom stereocenters. The van der Waals surface area contributed by atoms with Gasteiger partial charge in [-0.1, -0.05) is 12.1 Å². The van der Waals surface area contributed by atoms with Crippen molar-refractivity contribution < 1.29 is 32.6 Å². The SMILES string of the molecule is CN(Cc1ccc2c(c1)OCCO2)C(=O)COC(=O)c1c(F)cccc1F. The van der Waals surface area contributed by atoms with Crippen LogP contribution < -0.4 is 9.47 Å². The van der Waals surface area contributed by atoms with E-state index in [-0.39, 0.29) is 6.54 Å². The molecule has 3 rings (SSSR count). The summed E-state index contributed by atoms with van der Waals surface area (Å²) in [5.74, 6) is -2.60. The molecule has 0 fully saturated rings. The average Bonchev–Trinajstić information content (AvgIpc) is 2.65. The molecule has 0 saturated carbocycles. The molecule has 0 unspecified atom stereocenters. The Balaban J connectivity index is 1.57. The van der Waals surface area contributed by atoms with Crippen LogP contribution >= 0.6 is 0 Å². The van der Waals surface area contributed by atoms with E-state index in [0.29, 0.717) is 24.7 Å². The largest absolute Gasteiger partial charge is 0.486 e. The molecule has 2 aromatic carbocycles. The second kappa shape index (κ2) is 8.03. The van der Waals surface area contributed by atoms with Crippen LogP contribution in [0.5, 0.6) is 11.5 Å². The zero-order valence-corrected chi connectivity index (χ0v) is 14.5. The van der Waals surface area contributed by atoms with E-state index in [4.69, 9.17) is 14.2 Å². The highest BCUT2D eigenvalue weighted by molar-refractivity contribution is 5.91. The maximum Gasteiger partial charge on any atom is 0.344 e. The van der Waals surface area contributed by atoms with E-state index in [1.54, 1.807) is 18.2 Å². The summed E-state index contributed by atoms with van der Waals surface area (Å²) in [6.07, 6.45) is 0. The number of hydrogen-bond donors (Lipinski definition) is 0. The number of hydrogen-bond acceptors (Lipinski definition) is 5. The molecule has 2 aromatic rings. The first-order chi connectivity index (χ1) is 13.0. The predicted octanol–water partition coefficient (Wildman–Crippen LogP) is 2.55. The summed E-state index contributed by atoms with van der Waals surface area (Å²) in [7, 11) is 1.52. The number of benzene rings is 2. The summed E-state index contributed by atoms with van der Waals surface area (Å²) in [5.41, 5.74) is -0.0265. The first-order valence-corrected chi connectivity index (χ1v) is 8.19. The summed E-state index contributed by atoms with van der Waals surface area (Å²) in [6, 6.07) is 8.32. The Morgan fingerprint density at radius 2 is 1.74 bits per heavy atom. The molecule has 142 valence electrons. The van der Waals surface area contributed by atoms with Crippen LogP contribution in [0.15, 0.2) is 36.4 Å². The molecule has 0 radical (unpaired) electrons. The van der Waals surface area contributed by atoms with Gasteiger partial charge in [-0.05, 0) is 29.8 Å². The Bertz CT molecular complexity index is 851. The minimum atomic E-state index is -1.23. The topological polar surface area (TPSA) is 65.1 Å². The lowest BCUT2D eigenvalue weighted by Crippen LogP contribution is -2.31. The smallest absolute Gasteiger partial charge is 0.344 e. The van der Waals surface area contributed by atoms with Crippen LogP contribution in [-0.4, -0.2) is 43.6 Å². The second-order valence-corrected chi connectivity index (χ2v) is 5.90. The molecular formula is C19H17F2NO5. The van der Waals surface area contributed by atoms with Crippen molar-refractivity contribution in [3.8, 4) is 11.5 Å². The van der Waals surface area contributed by atoms with Crippen molar-refractivity contribution in [3.05, 3.63) is 59.2 Å². The number of esters is 1. The van der Waals surface area contributed by atoms with Crippen LogP contribution in [0.1, 0.15) is 15.9 Å². The third-order valence-electron chi connectivity index (χ3n) is 3.95. The van der Waals surface area contributed by atoms with Gasteiger partial charge in [0.1, 0.15) is 30.4 Å². The quantitative estimate of drug-likeness (QED) is 0.750. The van der Waals surface area contributed by atoms with E-state index in [1.807, 2.05) is 0 Å². The minimum absolute atomic E-state index is 0.237. The second-order valence-electron chi connectivity index (χ2n) is 5.90. The first-order valence-electron chi connectivity index (χ1n) is 8.19. The molecule has 0 aliphatic carbocycles. The molecule has 1 aliphatic rings. The van der Waals surface area contributed by atoms with Crippen molar-refractivity contribution in [2.24, 2.45) is 0 Å². The number of carbonyl (C=O) groups excluding carboxylic acids is 2. The Labute approximate surface area is 154 Å². The number of fused-ring (bicyclic) bond motifs is 1. The summed E-state index contributed by atoms with van der Waals surface area (Å²) >= 11 is 0. The van der Waals surface area contributed by atoms with Gasteiger partial charge in [0.05, 0.1) is 0 Å². The van der Waals surface area contributed by atoms with Gasteiger partial charge in [-0.15, -0.1) is 0 Å². The van der Waals surface area contributed by atoms with Crippen molar-refractivity contribution in [2.45, 2.75) is 6.54 Å². The molecule has 0 spiro atoms. The number of carbonyl (C=O) groups is 2. The summed E-state index contributed by atoms with van der Waals surface area (Å²) in [6.45, 7) is 0.543. The third-order valence-corrected chi connectivity index (χ3v) is 3.95. The number of nitrogens with zero attached hydrogens (tertiary/aromatic N) is 1. The fraction of sp³-hybridized carbons (Fsp3) is 0.263. The van der Waals surface area contributed by atoms with Crippen molar-refractivity contribution in [2.75, 3.05) is 26.9 Å². The van der Waals surface area contributed by atoms with Gasteiger partial charge in [-0.25, -0.2) is 13.6 Å². The predicted molar refractivity (Wildman–Crippen MR) is 90.5 cm³/mol. The standard InChI is InChI=1S/C19H17F2NO5/c1-22(10-12-5-6-15-16(9-12)26-8-7-25-15)17(23)11-27-19(24)18-13(20)3-2-4-14(18)21/h2-6,9H,7-8,10-11H2,1H3. The Hall–Kier alpha value is -3.16. The van der Waals surface area contributed by atoms with Crippen molar-refractivity contribution in [3.63, 3.8) is 0 Å². The molecule has 0 N–H and O–H groups in total. The summed E-state index contributed by atoms with van der Waals surface area (Å²) in [4.78, 5) is 25.3. The van der Waals surface area contributed by atoms with E-state index >= 15 is 0 Å². The molecule has 0 bridgehead atoms. The number of amides is 1. The number of rotatable bonds is 5. The van der Waals surface area contributed by atoms with Gasteiger partial charge in [0.25, 0.3) is 5.91 Å². The Morgan fingerprint density at radius 3 is 2.44 bits per heavy atom. The van der Waals surface area contributed by atoms with Gasteiger partial charge in [0.2, 0.25) is 0 Å². The zero-order chi connectivity index (χ0) is 19.4. The van der Waals surface area contributed by atoms with Crippen LogP contribution in [-0.2, 0) is 16.1 Å². The monoisotopic (exact) mass is 377 g/mol. The van der Waals surface area contributed by atoms with E-state index in [0.717, 1.165) is 23.8 Å². The highest BCUT2D eigenvalue weighted by Gasteiger charge is 2.21. The zero-order valence-electron chi connectivity index (χ0n) is 14.5. The minimum Gasteiger partial charge on any atom is -0.486 e. The molecule has 1 aliphatic heterocycles. The lowest BCUT2D eigenvalue weighted by atomic mass is 10.2. The van der Waals surface area contributed by atoms with Gasteiger partial charge in [-0.2, -0.15) is 0 Å². The van der Waals surface area contributed by atoms with E-state index < -0.39 is 35.7 Å². The molecular weight excluding hydrogens is 360 g/mol. The molecule has 1 amide bonds.